The van der Waals surface area contributed by atoms with Gasteiger partial charge < -0.3 is 15.7 Å². The molecule has 0 spiro atoms. The molecule has 1 atom stereocenters. The maximum atomic E-state index is 12.9. The van der Waals surface area contributed by atoms with Crippen LogP contribution in [0.1, 0.15) is 39.0 Å². The van der Waals surface area contributed by atoms with E-state index in [2.05, 4.69) is 22.7 Å². The van der Waals surface area contributed by atoms with Gasteiger partial charge in [0.05, 0.1) is 12.6 Å². The van der Waals surface area contributed by atoms with Crippen molar-refractivity contribution in [2.24, 2.45) is 0 Å². The summed E-state index contributed by atoms with van der Waals surface area (Å²) in [6, 6.07) is 21.5. The Morgan fingerprint density at radius 1 is 1.17 bits per heavy atom. The molecule has 0 aliphatic carbocycles. The van der Waals surface area contributed by atoms with Gasteiger partial charge in [0.2, 0.25) is 0 Å². The van der Waals surface area contributed by atoms with E-state index in [-0.39, 0.29) is 36.3 Å². The topological polar surface area (TPSA) is 96.2 Å². The summed E-state index contributed by atoms with van der Waals surface area (Å²) >= 11 is 0. The first kappa shape index (κ1) is 19.8. The van der Waals surface area contributed by atoms with E-state index < -0.39 is 11.5 Å². The summed E-state index contributed by atoms with van der Waals surface area (Å²) in [6.07, 6.45) is -0.745. The lowest BCUT2D eigenvalue weighted by molar-refractivity contribution is 0.0931. The largest absolute Gasteiger partial charge is 0.389 e. The lowest BCUT2D eigenvalue weighted by Crippen LogP contribution is -2.39. The van der Waals surface area contributed by atoms with Crippen LogP contribution in [0, 0.1) is 0 Å². The number of nitrogens with one attached hydrogen (secondary N) is 2. The molecule has 2 aromatic carbocycles. The summed E-state index contributed by atoms with van der Waals surface area (Å²) in [5.74, 6) is -0.715. The van der Waals surface area contributed by atoms with Gasteiger partial charge in [-0.25, -0.2) is 0 Å². The van der Waals surface area contributed by atoms with Crippen molar-refractivity contribution in [2.75, 3.05) is 13.1 Å². The minimum atomic E-state index is -0.745. The molecule has 0 saturated heterocycles. The minimum Gasteiger partial charge on any atom is -0.389 e. The zero-order valence-electron chi connectivity index (χ0n) is 16.7. The highest BCUT2D eigenvalue weighted by molar-refractivity contribution is 5.98. The zero-order chi connectivity index (χ0) is 21.1. The van der Waals surface area contributed by atoms with E-state index in [1.165, 1.54) is 10.7 Å². The summed E-state index contributed by atoms with van der Waals surface area (Å²) in [7, 11) is 0. The molecular weight excluding hydrogens is 380 g/mol. The summed E-state index contributed by atoms with van der Waals surface area (Å²) in [5, 5.41) is 19.7. The monoisotopic (exact) mass is 404 g/mol. The standard InChI is InChI=1S/C23H24N4O3/c1-23(16-8-4-2-5-9-16,17-10-6-3-7-11-17)15-25-21(29)19-12-20-22(30)24-13-18(28)14-27(20)26-19/h2-12,18,28H,13-15H2,1H3,(H,24,30)(H,25,29)/t18-/m0/s1. The highest BCUT2D eigenvalue weighted by Crippen LogP contribution is 2.31. The van der Waals surface area contributed by atoms with Gasteiger partial charge >= 0.3 is 0 Å². The van der Waals surface area contributed by atoms with Gasteiger partial charge in [0, 0.05) is 24.6 Å². The average Bonchev–Trinajstić information content (AvgIpc) is 3.15. The molecule has 1 aliphatic rings. The lowest BCUT2D eigenvalue weighted by atomic mass is 9.76. The number of β-amino-alcohol motifs (C(OH)–C–C–N with tert-alkyl or cyclic N) is 1. The lowest BCUT2D eigenvalue weighted by Gasteiger charge is -2.31. The molecule has 3 aromatic rings. The third-order valence-corrected chi connectivity index (χ3v) is 5.55. The smallest absolute Gasteiger partial charge is 0.271 e. The summed E-state index contributed by atoms with van der Waals surface area (Å²) in [5.41, 5.74) is 2.14. The van der Waals surface area contributed by atoms with Crippen LogP contribution in [0.3, 0.4) is 0 Å². The Morgan fingerprint density at radius 3 is 2.37 bits per heavy atom. The summed E-state index contributed by atoms with van der Waals surface area (Å²) in [6.45, 7) is 2.77. The Kier molecular flexibility index (Phi) is 5.37. The van der Waals surface area contributed by atoms with E-state index in [4.69, 9.17) is 0 Å². The first-order valence-corrected chi connectivity index (χ1v) is 9.91. The highest BCUT2D eigenvalue weighted by Gasteiger charge is 2.30. The van der Waals surface area contributed by atoms with E-state index in [0.29, 0.717) is 6.54 Å². The third kappa shape index (κ3) is 3.84. The Hall–Kier alpha value is -3.45. The Morgan fingerprint density at radius 2 is 1.77 bits per heavy atom. The molecule has 0 radical (unpaired) electrons. The van der Waals surface area contributed by atoms with Gasteiger partial charge in [-0.2, -0.15) is 5.10 Å². The minimum absolute atomic E-state index is 0.151. The molecule has 2 heterocycles. The second-order valence-corrected chi connectivity index (χ2v) is 7.71. The van der Waals surface area contributed by atoms with Crippen molar-refractivity contribution in [1.29, 1.82) is 0 Å². The van der Waals surface area contributed by atoms with Gasteiger partial charge in [-0.1, -0.05) is 60.7 Å². The number of rotatable bonds is 5. The van der Waals surface area contributed by atoms with E-state index in [0.717, 1.165) is 11.1 Å². The maximum Gasteiger partial charge on any atom is 0.271 e. The van der Waals surface area contributed by atoms with Gasteiger partial charge in [0.25, 0.3) is 11.8 Å². The molecule has 4 rings (SSSR count). The molecular formula is C23H24N4O3. The van der Waals surface area contributed by atoms with Crippen LogP contribution in [0.25, 0.3) is 0 Å². The fourth-order valence-electron chi connectivity index (χ4n) is 3.75. The number of aromatic nitrogens is 2. The molecule has 0 bridgehead atoms. The predicted molar refractivity (Wildman–Crippen MR) is 112 cm³/mol. The van der Waals surface area contributed by atoms with E-state index in [1.807, 2.05) is 60.7 Å². The van der Waals surface area contributed by atoms with Crippen LogP contribution in [0.2, 0.25) is 0 Å². The number of nitrogens with zero attached hydrogens (tertiary/aromatic N) is 2. The van der Waals surface area contributed by atoms with Crippen LogP contribution >= 0.6 is 0 Å². The number of fused-ring (bicyclic) bond motifs is 1. The summed E-state index contributed by atoms with van der Waals surface area (Å²) in [4.78, 5) is 25.0. The van der Waals surface area contributed by atoms with E-state index in [9.17, 15) is 14.7 Å². The molecule has 7 nitrogen and oxygen atoms in total. The van der Waals surface area contributed by atoms with Gasteiger partial charge in [-0.05, 0) is 18.1 Å². The molecule has 3 N–H and O–H groups in total. The van der Waals surface area contributed by atoms with Crippen molar-refractivity contribution in [1.82, 2.24) is 20.4 Å². The van der Waals surface area contributed by atoms with Gasteiger partial charge in [-0.3, -0.25) is 14.3 Å². The van der Waals surface area contributed by atoms with Crippen LogP contribution < -0.4 is 10.6 Å². The van der Waals surface area contributed by atoms with Crippen molar-refractivity contribution < 1.29 is 14.7 Å². The van der Waals surface area contributed by atoms with Crippen LogP contribution in [0.5, 0.6) is 0 Å². The van der Waals surface area contributed by atoms with Crippen LogP contribution in [0.4, 0.5) is 0 Å². The molecule has 7 heteroatoms. The van der Waals surface area contributed by atoms with Crippen molar-refractivity contribution in [3.05, 3.63) is 89.2 Å². The third-order valence-electron chi connectivity index (χ3n) is 5.55. The quantitative estimate of drug-likeness (QED) is 0.603. The average molecular weight is 404 g/mol. The first-order chi connectivity index (χ1) is 14.5. The van der Waals surface area contributed by atoms with Gasteiger partial charge in [0.1, 0.15) is 5.69 Å². The second kappa shape index (κ2) is 8.12. The molecule has 1 aliphatic heterocycles. The molecule has 0 unspecified atom stereocenters. The number of aliphatic hydroxyl groups excluding tert-OH is 1. The highest BCUT2D eigenvalue weighted by atomic mass is 16.3. The molecule has 1 aromatic heterocycles. The van der Waals surface area contributed by atoms with Crippen molar-refractivity contribution in [3.8, 4) is 0 Å². The second-order valence-electron chi connectivity index (χ2n) is 7.71. The molecule has 154 valence electrons. The molecule has 30 heavy (non-hydrogen) atoms. The number of carbonyl (C=O) groups excluding carboxylic acids is 2. The van der Waals surface area contributed by atoms with Gasteiger partial charge in [0.15, 0.2) is 5.69 Å². The predicted octanol–water partition coefficient (Wildman–Crippen LogP) is 1.72. The number of hydrogen-bond acceptors (Lipinski definition) is 4. The normalized spacial score (nSPS) is 16.3. The van der Waals surface area contributed by atoms with E-state index >= 15 is 0 Å². The molecule has 0 saturated carbocycles. The van der Waals surface area contributed by atoms with Crippen LogP contribution in [-0.2, 0) is 12.0 Å². The number of amides is 2. The fraction of sp³-hybridized carbons (Fsp3) is 0.261. The van der Waals surface area contributed by atoms with Crippen LogP contribution in [-0.4, -0.2) is 45.9 Å². The van der Waals surface area contributed by atoms with Crippen LogP contribution in [0.15, 0.2) is 66.7 Å². The first-order valence-electron chi connectivity index (χ1n) is 9.91. The Balaban J connectivity index is 1.58. The van der Waals surface area contributed by atoms with Crippen molar-refractivity contribution >= 4 is 11.8 Å². The van der Waals surface area contributed by atoms with Crippen molar-refractivity contribution in [2.45, 2.75) is 25.0 Å². The number of carbonyl (C=O) groups is 2. The number of aliphatic hydroxyl groups is 1. The van der Waals surface area contributed by atoms with Gasteiger partial charge in [-0.15, -0.1) is 0 Å². The SMILES string of the molecule is CC(CNC(=O)c1cc2n(n1)C[C@@H](O)CNC2=O)(c1ccccc1)c1ccccc1. The molecule has 2 amide bonds. The molecule has 0 fully saturated rings. The number of benzene rings is 2. The Labute approximate surface area is 174 Å². The number of hydrogen-bond donors (Lipinski definition) is 3. The zero-order valence-corrected chi connectivity index (χ0v) is 16.7. The fourth-order valence-corrected chi connectivity index (χ4v) is 3.75. The maximum absolute atomic E-state index is 12.9. The van der Waals surface area contributed by atoms with E-state index in [1.54, 1.807) is 0 Å². The van der Waals surface area contributed by atoms with Crippen molar-refractivity contribution in [3.63, 3.8) is 0 Å². The summed E-state index contributed by atoms with van der Waals surface area (Å²) < 4.78 is 1.38. The Bertz CT molecular complexity index is 1010.